The third kappa shape index (κ3) is 3.01. The summed E-state index contributed by atoms with van der Waals surface area (Å²) in [6, 6.07) is 17.7. The molecule has 3 unspecified atom stereocenters. The minimum absolute atomic E-state index is 0.215. The first kappa shape index (κ1) is 15.2. The lowest BCUT2D eigenvalue weighted by atomic mass is 9.91. The maximum absolute atomic E-state index is 12.5. The van der Waals surface area contributed by atoms with E-state index in [9.17, 15) is 4.79 Å². The molecule has 4 rings (SSSR count). The van der Waals surface area contributed by atoms with Crippen LogP contribution in [0.5, 0.6) is 0 Å². The van der Waals surface area contributed by atoms with Crippen molar-refractivity contribution in [2.45, 2.75) is 19.3 Å². The van der Waals surface area contributed by atoms with Crippen molar-refractivity contribution in [1.82, 2.24) is 0 Å². The molecule has 2 bridgehead atoms. The number of rotatable bonds is 5. The van der Waals surface area contributed by atoms with E-state index >= 15 is 0 Å². The number of allylic oxidation sites excluding steroid dienone is 2. The number of hydrogen-bond acceptors (Lipinski definition) is 2. The van der Waals surface area contributed by atoms with Crippen LogP contribution in [0.15, 0.2) is 66.7 Å². The topological polar surface area (TPSA) is 26.3 Å². The van der Waals surface area contributed by atoms with Gasteiger partial charge in [-0.15, -0.1) is 0 Å². The average molecular weight is 318 g/mol. The summed E-state index contributed by atoms with van der Waals surface area (Å²) >= 11 is 0. The minimum Gasteiger partial charge on any atom is -0.462 e. The molecule has 0 aromatic heterocycles. The highest BCUT2D eigenvalue weighted by molar-refractivity contribution is 5.97. The Morgan fingerprint density at radius 3 is 2.50 bits per heavy atom. The summed E-state index contributed by atoms with van der Waals surface area (Å²) in [6.45, 7) is 0.518. The standard InChI is InChI=1S/C22H22O2/c23-22(24-13-12-19-15-16-10-11-18(19)14-16)21-9-5-4-8-20(21)17-6-2-1-3-7-17/h1-11,16,18-19H,12-15H2. The Kier molecular flexibility index (Phi) is 4.20. The zero-order valence-electron chi connectivity index (χ0n) is 13.7. The molecule has 0 saturated heterocycles. The van der Waals surface area contributed by atoms with Gasteiger partial charge in [0.15, 0.2) is 0 Å². The van der Waals surface area contributed by atoms with E-state index < -0.39 is 0 Å². The Balaban J connectivity index is 1.41. The molecule has 0 heterocycles. The first-order valence-electron chi connectivity index (χ1n) is 8.81. The van der Waals surface area contributed by atoms with E-state index in [1.165, 1.54) is 12.8 Å². The molecule has 0 amide bonds. The van der Waals surface area contributed by atoms with Gasteiger partial charge in [-0.25, -0.2) is 4.79 Å². The van der Waals surface area contributed by atoms with Crippen molar-refractivity contribution < 1.29 is 9.53 Å². The molecule has 2 aliphatic rings. The van der Waals surface area contributed by atoms with E-state index in [4.69, 9.17) is 4.74 Å². The maximum Gasteiger partial charge on any atom is 0.338 e. The van der Waals surface area contributed by atoms with Crippen LogP contribution < -0.4 is 0 Å². The Morgan fingerprint density at radius 2 is 1.75 bits per heavy atom. The van der Waals surface area contributed by atoms with Gasteiger partial charge in [0.05, 0.1) is 12.2 Å². The van der Waals surface area contributed by atoms with Crippen LogP contribution in [0.4, 0.5) is 0 Å². The average Bonchev–Trinajstić information content (AvgIpc) is 3.25. The van der Waals surface area contributed by atoms with Gasteiger partial charge in [0.1, 0.15) is 0 Å². The summed E-state index contributed by atoms with van der Waals surface area (Å²) in [4.78, 5) is 12.5. The van der Waals surface area contributed by atoms with Crippen LogP contribution in [0, 0.1) is 17.8 Å². The van der Waals surface area contributed by atoms with E-state index in [1.807, 2.05) is 54.6 Å². The quantitative estimate of drug-likeness (QED) is 0.565. The second kappa shape index (κ2) is 6.64. The van der Waals surface area contributed by atoms with Gasteiger partial charge in [-0.1, -0.05) is 60.7 Å². The highest BCUT2D eigenvalue weighted by atomic mass is 16.5. The number of carbonyl (C=O) groups is 1. The van der Waals surface area contributed by atoms with Crippen LogP contribution in [-0.2, 0) is 4.74 Å². The summed E-state index contributed by atoms with van der Waals surface area (Å²) in [5, 5.41) is 0. The fourth-order valence-corrected chi connectivity index (χ4v) is 4.14. The van der Waals surface area contributed by atoms with Gasteiger partial charge in [-0.05, 0) is 54.2 Å². The fraction of sp³-hybridized carbons (Fsp3) is 0.318. The first-order chi connectivity index (χ1) is 11.8. The largest absolute Gasteiger partial charge is 0.462 e. The van der Waals surface area contributed by atoms with Crippen molar-refractivity contribution in [3.8, 4) is 11.1 Å². The molecule has 2 heteroatoms. The Bertz CT molecular complexity index is 748. The molecule has 122 valence electrons. The fourth-order valence-electron chi connectivity index (χ4n) is 4.14. The molecule has 2 aromatic rings. The van der Waals surface area contributed by atoms with Gasteiger partial charge in [0.2, 0.25) is 0 Å². The summed E-state index contributed by atoms with van der Waals surface area (Å²) in [5.41, 5.74) is 2.63. The van der Waals surface area contributed by atoms with Crippen molar-refractivity contribution in [1.29, 1.82) is 0 Å². The number of carbonyl (C=O) groups excluding carboxylic acids is 1. The molecule has 2 aliphatic carbocycles. The summed E-state index contributed by atoms with van der Waals surface area (Å²) in [7, 11) is 0. The lowest BCUT2D eigenvalue weighted by Gasteiger charge is -2.18. The lowest BCUT2D eigenvalue weighted by Crippen LogP contribution is -2.13. The van der Waals surface area contributed by atoms with Gasteiger partial charge >= 0.3 is 5.97 Å². The molecule has 0 spiro atoms. The molecule has 2 nitrogen and oxygen atoms in total. The van der Waals surface area contributed by atoms with E-state index in [1.54, 1.807) is 0 Å². The molecule has 3 atom stereocenters. The Hall–Kier alpha value is -2.35. The van der Waals surface area contributed by atoms with Gasteiger partial charge in [0, 0.05) is 0 Å². The van der Waals surface area contributed by atoms with Gasteiger partial charge in [-0.2, -0.15) is 0 Å². The SMILES string of the molecule is O=C(OCCC1CC2C=CC1C2)c1ccccc1-c1ccccc1. The van der Waals surface area contributed by atoms with Crippen LogP contribution in [0.1, 0.15) is 29.6 Å². The smallest absolute Gasteiger partial charge is 0.338 e. The van der Waals surface area contributed by atoms with Crippen LogP contribution in [-0.4, -0.2) is 12.6 Å². The zero-order chi connectivity index (χ0) is 16.4. The molecule has 1 fully saturated rings. The molecule has 1 saturated carbocycles. The van der Waals surface area contributed by atoms with E-state index in [-0.39, 0.29) is 5.97 Å². The predicted molar refractivity (Wildman–Crippen MR) is 95.6 cm³/mol. The number of ether oxygens (including phenoxy) is 1. The number of hydrogen-bond donors (Lipinski definition) is 0. The van der Waals surface area contributed by atoms with Crippen LogP contribution in [0.2, 0.25) is 0 Å². The van der Waals surface area contributed by atoms with E-state index in [0.717, 1.165) is 23.5 Å². The summed E-state index contributed by atoms with van der Waals surface area (Å²) < 4.78 is 5.60. The Labute approximate surface area is 143 Å². The minimum atomic E-state index is -0.215. The van der Waals surface area contributed by atoms with Crippen LogP contribution >= 0.6 is 0 Å². The van der Waals surface area contributed by atoms with Crippen molar-refractivity contribution in [2.75, 3.05) is 6.61 Å². The molecular formula is C22H22O2. The summed E-state index contributed by atoms with van der Waals surface area (Å²) in [6.07, 6.45) is 8.24. The van der Waals surface area contributed by atoms with Crippen molar-refractivity contribution in [3.05, 3.63) is 72.3 Å². The zero-order valence-corrected chi connectivity index (χ0v) is 13.7. The third-order valence-corrected chi connectivity index (χ3v) is 5.37. The molecule has 2 aromatic carbocycles. The third-order valence-electron chi connectivity index (χ3n) is 5.37. The highest BCUT2D eigenvalue weighted by Gasteiger charge is 2.35. The van der Waals surface area contributed by atoms with Crippen LogP contribution in [0.25, 0.3) is 11.1 Å². The van der Waals surface area contributed by atoms with E-state index in [0.29, 0.717) is 24.0 Å². The van der Waals surface area contributed by atoms with Crippen LogP contribution in [0.3, 0.4) is 0 Å². The van der Waals surface area contributed by atoms with Gasteiger partial charge < -0.3 is 4.74 Å². The molecule has 0 radical (unpaired) electrons. The van der Waals surface area contributed by atoms with Crippen molar-refractivity contribution in [3.63, 3.8) is 0 Å². The number of fused-ring (bicyclic) bond motifs is 2. The monoisotopic (exact) mass is 318 g/mol. The second-order valence-electron chi connectivity index (χ2n) is 6.88. The molecular weight excluding hydrogens is 296 g/mol. The Morgan fingerprint density at radius 1 is 0.958 bits per heavy atom. The first-order valence-corrected chi connectivity index (χ1v) is 8.81. The molecule has 24 heavy (non-hydrogen) atoms. The molecule has 0 N–H and O–H groups in total. The number of benzene rings is 2. The maximum atomic E-state index is 12.5. The predicted octanol–water partition coefficient (Wildman–Crippen LogP) is 5.11. The number of esters is 1. The van der Waals surface area contributed by atoms with Crippen molar-refractivity contribution in [2.24, 2.45) is 17.8 Å². The van der Waals surface area contributed by atoms with Gasteiger partial charge in [0.25, 0.3) is 0 Å². The van der Waals surface area contributed by atoms with Crippen molar-refractivity contribution >= 4 is 5.97 Å². The summed E-state index contributed by atoms with van der Waals surface area (Å²) in [5.74, 6) is 1.96. The molecule has 0 aliphatic heterocycles. The lowest BCUT2D eigenvalue weighted by molar-refractivity contribution is 0.0478. The van der Waals surface area contributed by atoms with E-state index in [2.05, 4.69) is 12.2 Å². The van der Waals surface area contributed by atoms with Gasteiger partial charge in [-0.3, -0.25) is 0 Å². The normalized spacial score (nSPS) is 24.2. The second-order valence-corrected chi connectivity index (χ2v) is 6.88. The highest BCUT2D eigenvalue weighted by Crippen LogP contribution is 2.44.